The van der Waals surface area contributed by atoms with E-state index in [1.165, 1.54) is 18.0 Å². The molecule has 6 rings (SSSR count). The van der Waals surface area contributed by atoms with Crippen LogP contribution in [0.2, 0.25) is 5.02 Å². The minimum Gasteiger partial charge on any atom is -0.454 e. The van der Waals surface area contributed by atoms with Gasteiger partial charge >= 0.3 is 0 Å². The van der Waals surface area contributed by atoms with Gasteiger partial charge < -0.3 is 14.8 Å². The maximum absolute atomic E-state index is 13.3. The zero-order valence-corrected chi connectivity index (χ0v) is 18.6. The lowest BCUT2D eigenvalue weighted by Gasteiger charge is -2.13. The normalized spacial score (nSPS) is 16.2. The number of amides is 1. The predicted octanol–water partition coefficient (Wildman–Crippen LogP) is 3.64. The fourth-order valence-electron chi connectivity index (χ4n) is 3.98. The van der Waals surface area contributed by atoms with Crippen molar-refractivity contribution in [3.05, 3.63) is 64.0 Å². The van der Waals surface area contributed by atoms with E-state index in [0.29, 0.717) is 44.2 Å². The number of halogens is 1. The molecule has 1 unspecified atom stereocenters. The number of ether oxygens (including phenoxy) is 2. The average Bonchev–Trinajstić information content (AvgIpc) is 3.52. The molecule has 4 aromatic rings. The van der Waals surface area contributed by atoms with Crippen LogP contribution in [0.4, 0.5) is 5.69 Å². The van der Waals surface area contributed by atoms with Crippen molar-refractivity contribution in [3.63, 3.8) is 0 Å². The van der Waals surface area contributed by atoms with Gasteiger partial charge in [-0.15, -0.1) is 0 Å². The number of rotatable bonds is 4. The number of hydrogen-bond acceptors (Lipinski definition) is 7. The Morgan fingerprint density at radius 2 is 2.09 bits per heavy atom. The summed E-state index contributed by atoms with van der Waals surface area (Å²) in [5.74, 6) is 1.62. The van der Waals surface area contributed by atoms with Crippen LogP contribution in [0.3, 0.4) is 0 Å². The molecule has 4 heterocycles. The van der Waals surface area contributed by atoms with Crippen LogP contribution in [-0.2, 0) is 4.79 Å². The van der Waals surface area contributed by atoms with Crippen molar-refractivity contribution in [1.82, 2.24) is 19.3 Å². The first-order valence-electron chi connectivity index (χ1n) is 10.2. The maximum Gasteiger partial charge on any atom is 0.265 e. The minimum atomic E-state index is -0.307. The zero-order valence-electron chi connectivity index (χ0n) is 17.0. The Labute approximate surface area is 196 Å². The van der Waals surface area contributed by atoms with Crippen LogP contribution in [0.1, 0.15) is 12.5 Å². The number of anilines is 1. The van der Waals surface area contributed by atoms with Gasteiger partial charge in [-0.2, -0.15) is 5.10 Å². The Bertz CT molecular complexity index is 1480. The SMILES string of the molecule is O=C(CC1CSc2nc3c(cnn3-c3cccc(Cl)c3)c(=O)n21)Nc1ccc2c(c1)OCO2. The molecule has 9 nitrogen and oxygen atoms in total. The van der Waals surface area contributed by atoms with Gasteiger partial charge in [-0.3, -0.25) is 14.2 Å². The van der Waals surface area contributed by atoms with Crippen molar-refractivity contribution in [2.75, 3.05) is 17.9 Å². The van der Waals surface area contributed by atoms with Crippen molar-refractivity contribution in [3.8, 4) is 17.2 Å². The lowest BCUT2D eigenvalue weighted by molar-refractivity contribution is -0.116. The third-order valence-electron chi connectivity index (χ3n) is 5.50. The van der Waals surface area contributed by atoms with Crippen LogP contribution in [-0.4, -0.2) is 37.8 Å². The molecule has 0 fully saturated rings. The van der Waals surface area contributed by atoms with Crippen LogP contribution < -0.4 is 20.3 Å². The van der Waals surface area contributed by atoms with Crippen molar-refractivity contribution in [2.24, 2.45) is 0 Å². The quantitative estimate of drug-likeness (QED) is 0.444. The summed E-state index contributed by atoms with van der Waals surface area (Å²) in [6.07, 6.45) is 1.65. The summed E-state index contributed by atoms with van der Waals surface area (Å²) in [7, 11) is 0. The highest BCUT2D eigenvalue weighted by Crippen LogP contribution is 2.36. The van der Waals surface area contributed by atoms with E-state index in [1.807, 2.05) is 12.1 Å². The second kappa shape index (κ2) is 7.82. The molecule has 0 saturated heterocycles. The number of aromatic nitrogens is 4. The molecule has 2 aliphatic rings. The number of benzene rings is 2. The molecule has 2 aliphatic heterocycles. The molecule has 11 heteroatoms. The lowest BCUT2D eigenvalue weighted by atomic mass is 10.2. The Balaban J connectivity index is 1.27. The molecule has 1 N–H and O–H groups in total. The highest BCUT2D eigenvalue weighted by Gasteiger charge is 2.30. The number of carbonyl (C=O) groups is 1. The summed E-state index contributed by atoms with van der Waals surface area (Å²) in [6.45, 7) is 0.168. The van der Waals surface area contributed by atoms with Crippen molar-refractivity contribution >= 4 is 46.0 Å². The van der Waals surface area contributed by atoms with Gasteiger partial charge in [-0.05, 0) is 30.3 Å². The molecule has 0 spiro atoms. The van der Waals surface area contributed by atoms with Crippen LogP contribution >= 0.6 is 23.4 Å². The van der Waals surface area contributed by atoms with Crippen LogP contribution in [0.5, 0.6) is 11.5 Å². The van der Waals surface area contributed by atoms with Crippen molar-refractivity contribution in [2.45, 2.75) is 17.6 Å². The Kier molecular flexibility index (Phi) is 4.77. The van der Waals surface area contributed by atoms with Gasteiger partial charge in [0.05, 0.1) is 17.9 Å². The van der Waals surface area contributed by atoms with E-state index in [4.69, 9.17) is 21.1 Å². The second-order valence-electron chi connectivity index (χ2n) is 7.63. The summed E-state index contributed by atoms with van der Waals surface area (Å²) in [6, 6.07) is 12.1. The molecule has 33 heavy (non-hydrogen) atoms. The molecule has 2 aromatic carbocycles. The third-order valence-corrected chi connectivity index (χ3v) is 6.83. The highest BCUT2D eigenvalue weighted by atomic mass is 35.5. The molecule has 0 aliphatic carbocycles. The van der Waals surface area contributed by atoms with Crippen LogP contribution in [0.25, 0.3) is 16.7 Å². The van der Waals surface area contributed by atoms with Gasteiger partial charge in [-0.1, -0.05) is 29.4 Å². The number of fused-ring (bicyclic) bond motifs is 3. The Morgan fingerprint density at radius 1 is 1.21 bits per heavy atom. The number of thioether (sulfide) groups is 1. The maximum atomic E-state index is 13.3. The smallest absolute Gasteiger partial charge is 0.265 e. The fraction of sp³-hybridized carbons (Fsp3) is 0.182. The topological polar surface area (TPSA) is 100 Å². The molecule has 0 saturated carbocycles. The lowest BCUT2D eigenvalue weighted by Crippen LogP contribution is -2.27. The molecule has 166 valence electrons. The first-order valence-corrected chi connectivity index (χ1v) is 11.5. The third kappa shape index (κ3) is 3.51. The van der Waals surface area contributed by atoms with Gasteiger partial charge in [0.1, 0.15) is 5.39 Å². The molecule has 2 aromatic heterocycles. The van der Waals surface area contributed by atoms with Gasteiger partial charge in [0.15, 0.2) is 22.3 Å². The van der Waals surface area contributed by atoms with E-state index < -0.39 is 0 Å². The number of nitrogens with zero attached hydrogens (tertiary/aromatic N) is 4. The summed E-state index contributed by atoms with van der Waals surface area (Å²) < 4.78 is 13.8. The van der Waals surface area contributed by atoms with E-state index in [2.05, 4.69) is 15.4 Å². The van der Waals surface area contributed by atoms with Gasteiger partial charge in [0.25, 0.3) is 5.56 Å². The number of hydrogen-bond donors (Lipinski definition) is 1. The summed E-state index contributed by atoms with van der Waals surface area (Å²) in [4.78, 5) is 30.7. The first-order chi connectivity index (χ1) is 16.1. The molecule has 0 bridgehead atoms. The Hall–Kier alpha value is -3.50. The molecule has 1 amide bonds. The highest BCUT2D eigenvalue weighted by molar-refractivity contribution is 7.99. The molecular formula is C22H16ClN5O4S. The average molecular weight is 482 g/mol. The minimum absolute atomic E-state index is 0.143. The molecule has 1 atom stereocenters. The van der Waals surface area contributed by atoms with Crippen LogP contribution in [0, 0.1) is 0 Å². The van der Waals surface area contributed by atoms with Crippen LogP contribution in [0.15, 0.2) is 58.6 Å². The molecule has 0 radical (unpaired) electrons. The van der Waals surface area contributed by atoms with E-state index in [9.17, 15) is 9.59 Å². The van der Waals surface area contributed by atoms with E-state index in [-0.39, 0.29) is 30.7 Å². The summed E-state index contributed by atoms with van der Waals surface area (Å²) in [5, 5.41) is 8.74. The Morgan fingerprint density at radius 3 is 2.97 bits per heavy atom. The number of carbonyl (C=O) groups excluding carboxylic acids is 1. The van der Waals surface area contributed by atoms with E-state index >= 15 is 0 Å². The van der Waals surface area contributed by atoms with Gasteiger partial charge in [0.2, 0.25) is 12.7 Å². The largest absolute Gasteiger partial charge is 0.454 e. The van der Waals surface area contributed by atoms with E-state index in [1.54, 1.807) is 39.6 Å². The van der Waals surface area contributed by atoms with Gasteiger partial charge in [0, 0.05) is 29.0 Å². The monoisotopic (exact) mass is 481 g/mol. The first kappa shape index (κ1) is 20.1. The van der Waals surface area contributed by atoms with Gasteiger partial charge in [-0.25, -0.2) is 9.67 Å². The standard InChI is InChI=1S/C22H16ClN5O4S/c23-12-2-1-3-14(6-12)28-20-16(9-24-28)21(30)27-15(10-33-22(27)26-20)8-19(29)25-13-4-5-17-18(7-13)32-11-31-17/h1-7,9,15H,8,10-11H2,(H,25,29). The zero-order chi connectivity index (χ0) is 22.5. The molecular weight excluding hydrogens is 466 g/mol. The number of nitrogens with one attached hydrogen (secondary N) is 1. The van der Waals surface area contributed by atoms with Crippen molar-refractivity contribution in [1.29, 1.82) is 0 Å². The summed E-state index contributed by atoms with van der Waals surface area (Å²) >= 11 is 7.56. The summed E-state index contributed by atoms with van der Waals surface area (Å²) in [5.41, 5.74) is 1.58. The van der Waals surface area contributed by atoms with Crippen molar-refractivity contribution < 1.29 is 14.3 Å². The predicted molar refractivity (Wildman–Crippen MR) is 124 cm³/mol. The fourth-order valence-corrected chi connectivity index (χ4v) is 5.29. The second-order valence-corrected chi connectivity index (χ2v) is 9.05. The van der Waals surface area contributed by atoms with E-state index in [0.717, 1.165) is 5.69 Å².